The number of rotatable bonds is 9. The highest BCUT2D eigenvalue weighted by Crippen LogP contribution is 2.30. The van der Waals surface area contributed by atoms with Crippen molar-refractivity contribution in [2.45, 2.75) is 80.7 Å². The van der Waals surface area contributed by atoms with Crippen LogP contribution in [0, 0.1) is 0 Å². The first kappa shape index (κ1) is 27.1. The monoisotopic (exact) mass is 502 g/mol. The van der Waals surface area contributed by atoms with Crippen LogP contribution in [0.1, 0.15) is 17.5 Å². The Morgan fingerprint density at radius 2 is 1.28 bits per heavy atom. The third-order valence-corrected chi connectivity index (χ3v) is 6.88. The van der Waals surface area contributed by atoms with Crippen LogP contribution >= 0.6 is 0 Å². The second-order valence-corrected chi connectivity index (χ2v) is 9.52. The second-order valence-electron chi connectivity index (χ2n) is 9.52. The maximum absolute atomic E-state index is 11.1. The predicted octanol–water partition coefficient (Wildman–Crippen LogP) is -0.667. The van der Waals surface area contributed by atoms with Crippen molar-refractivity contribution in [3.63, 3.8) is 0 Å². The number of ether oxygens (including phenoxy) is 4. The predicted molar refractivity (Wildman–Crippen MR) is 133 cm³/mol. The molecule has 1 saturated heterocycles. The first-order valence-corrected chi connectivity index (χ1v) is 12.3. The molecule has 2 aromatic carbocycles. The van der Waals surface area contributed by atoms with Crippen LogP contribution in [-0.2, 0) is 32.2 Å². The fourth-order valence-corrected chi connectivity index (χ4v) is 4.83. The van der Waals surface area contributed by atoms with Gasteiger partial charge in [0.05, 0.1) is 19.3 Å². The van der Waals surface area contributed by atoms with Gasteiger partial charge in [-0.05, 0) is 17.5 Å². The van der Waals surface area contributed by atoms with Gasteiger partial charge in [0, 0.05) is 18.6 Å². The molecule has 0 radical (unpaired) electrons. The van der Waals surface area contributed by atoms with Crippen LogP contribution in [0.25, 0.3) is 0 Å². The van der Waals surface area contributed by atoms with E-state index in [4.69, 9.17) is 41.9 Å². The van der Waals surface area contributed by atoms with E-state index in [9.17, 15) is 10.2 Å². The van der Waals surface area contributed by atoms with Crippen molar-refractivity contribution in [1.29, 1.82) is 0 Å². The smallest absolute Gasteiger partial charge is 0.176 e. The van der Waals surface area contributed by atoms with Gasteiger partial charge in [-0.25, -0.2) is 0 Å². The average molecular weight is 503 g/mol. The van der Waals surface area contributed by atoms with Crippen molar-refractivity contribution in [2.24, 2.45) is 22.9 Å². The number of benzene rings is 2. The minimum absolute atomic E-state index is 0.0336. The van der Waals surface area contributed by atoms with Gasteiger partial charge >= 0.3 is 0 Å². The minimum Gasteiger partial charge on any atom is -0.388 e. The van der Waals surface area contributed by atoms with Crippen LogP contribution in [0.2, 0.25) is 0 Å². The van der Waals surface area contributed by atoms with Crippen molar-refractivity contribution >= 4 is 0 Å². The highest BCUT2D eigenvalue weighted by atomic mass is 16.7. The lowest BCUT2D eigenvalue weighted by atomic mass is 9.84. The van der Waals surface area contributed by atoms with Crippen molar-refractivity contribution in [3.8, 4) is 0 Å². The zero-order valence-corrected chi connectivity index (χ0v) is 20.2. The van der Waals surface area contributed by atoms with E-state index in [2.05, 4.69) is 0 Å². The van der Waals surface area contributed by atoms with Gasteiger partial charge in [0.1, 0.15) is 36.6 Å². The zero-order chi connectivity index (χ0) is 25.7. The molecule has 0 unspecified atom stereocenters. The van der Waals surface area contributed by atoms with Crippen molar-refractivity contribution in [1.82, 2.24) is 0 Å². The summed E-state index contributed by atoms with van der Waals surface area (Å²) in [5, 5.41) is 21.9. The molecule has 10 heteroatoms. The molecular formula is C26H38N4O6. The van der Waals surface area contributed by atoms with E-state index in [1.807, 2.05) is 60.7 Å². The SMILES string of the molecule is NC[C@H]1O[C@H](O[C@H]2[C@H](O)[C@@H](OCc3ccccc3)[C@H](N)C[C@@H]2N)[C@H](N)[C@@H](OCc2ccccc2)[C@@H]1O. The molecule has 1 aliphatic carbocycles. The van der Waals surface area contributed by atoms with Crippen molar-refractivity contribution in [2.75, 3.05) is 6.54 Å². The molecule has 0 aromatic heterocycles. The summed E-state index contributed by atoms with van der Waals surface area (Å²) in [6.07, 6.45) is -5.93. The fraction of sp³-hybridized carbons (Fsp3) is 0.538. The van der Waals surface area contributed by atoms with E-state index >= 15 is 0 Å². The lowest BCUT2D eigenvalue weighted by molar-refractivity contribution is -0.295. The van der Waals surface area contributed by atoms with E-state index in [1.54, 1.807) is 0 Å². The molecule has 36 heavy (non-hydrogen) atoms. The molecular weight excluding hydrogens is 464 g/mol. The summed E-state index contributed by atoms with van der Waals surface area (Å²) < 4.78 is 24.0. The maximum Gasteiger partial charge on any atom is 0.176 e. The normalized spacial score (nSPS) is 37.1. The Kier molecular flexibility index (Phi) is 9.42. The van der Waals surface area contributed by atoms with Crippen LogP contribution in [0.15, 0.2) is 60.7 Å². The molecule has 10 atom stereocenters. The standard InChI is InChI=1S/C26H38N4O6/c27-12-19-21(31)25(34-14-16-9-5-2-6-10-16)20(30)26(35-19)36-24-18(29)11-17(28)23(22(24)32)33-13-15-7-3-1-4-8-15/h1-10,17-26,31-32H,11-14,27-30H2/t17-,18+,19-,20-,21-,22-,23+,24-,25-,26-/m1/s1. The molecule has 198 valence electrons. The van der Waals surface area contributed by atoms with E-state index in [-0.39, 0.29) is 19.8 Å². The van der Waals surface area contributed by atoms with Crippen LogP contribution in [0.3, 0.4) is 0 Å². The number of aliphatic hydroxyl groups is 2. The van der Waals surface area contributed by atoms with Crippen LogP contribution in [-0.4, -0.2) is 77.8 Å². The van der Waals surface area contributed by atoms with E-state index in [0.29, 0.717) is 6.42 Å². The third-order valence-electron chi connectivity index (χ3n) is 6.88. The van der Waals surface area contributed by atoms with Crippen LogP contribution in [0.4, 0.5) is 0 Å². The Hall–Kier alpha value is -1.96. The molecule has 2 aliphatic rings. The summed E-state index contributed by atoms with van der Waals surface area (Å²) in [5.41, 5.74) is 26.8. The number of hydrogen-bond donors (Lipinski definition) is 6. The maximum atomic E-state index is 11.1. The first-order chi connectivity index (χ1) is 17.4. The van der Waals surface area contributed by atoms with E-state index < -0.39 is 61.0 Å². The molecule has 1 saturated carbocycles. The lowest BCUT2D eigenvalue weighted by Crippen LogP contribution is -2.68. The first-order valence-electron chi connectivity index (χ1n) is 12.3. The van der Waals surface area contributed by atoms with Gasteiger partial charge in [0.2, 0.25) is 0 Å². The molecule has 1 aliphatic heterocycles. The number of nitrogens with two attached hydrogens (primary N) is 4. The topological polar surface area (TPSA) is 181 Å². The lowest BCUT2D eigenvalue weighted by Gasteiger charge is -2.47. The van der Waals surface area contributed by atoms with Crippen LogP contribution < -0.4 is 22.9 Å². The quantitative estimate of drug-likeness (QED) is 0.257. The molecule has 0 bridgehead atoms. The summed E-state index contributed by atoms with van der Waals surface area (Å²) in [6.45, 7) is 0.566. The number of aliphatic hydroxyl groups excluding tert-OH is 2. The molecule has 10 nitrogen and oxygen atoms in total. The van der Waals surface area contributed by atoms with E-state index in [0.717, 1.165) is 11.1 Å². The Bertz CT molecular complexity index is 925. The highest BCUT2D eigenvalue weighted by molar-refractivity contribution is 5.14. The largest absolute Gasteiger partial charge is 0.388 e. The van der Waals surface area contributed by atoms with Gasteiger partial charge in [-0.1, -0.05) is 60.7 Å². The zero-order valence-electron chi connectivity index (χ0n) is 20.2. The third kappa shape index (κ3) is 6.29. The highest BCUT2D eigenvalue weighted by Gasteiger charge is 2.49. The van der Waals surface area contributed by atoms with Gasteiger partial charge in [-0.15, -0.1) is 0 Å². The van der Waals surface area contributed by atoms with Crippen molar-refractivity contribution in [3.05, 3.63) is 71.8 Å². The summed E-state index contributed by atoms with van der Waals surface area (Å²) in [4.78, 5) is 0. The summed E-state index contributed by atoms with van der Waals surface area (Å²) in [5.74, 6) is 0. The Balaban J connectivity index is 1.43. The Labute approximate surface area is 211 Å². The molecule has 0 spiro atoms. The second kappa shape index (κ2) is 12.5. The van der Waals surface area contributed by atoms with Crippen molar-refractivity contribution < 1.29 is 29.2 Å². The molecule has 2 aromatic rings. The van der Waals surface area contributed by atoms with Gasteiger partial charge in [0.25, 0.3) is 0 Å². The summed E-state index contributed by atoms with van der Waals surface area (Å²) in [7, 11) is 0. The number of hydrogen-bond acceptors (Lipinski definition) is 10. The van der Waals surface area contributed by atoms with E-state index in [1.165, 1.54) is 0 Å². The van der Waals surface area contributed by atoms with Gasteiger partial charge in [-0.2, -0.15) is 0 Å². The fourth-order valence-electron chi connectivity index (χ4n) is 4.83. The summed E-state index contributed by atoms with van der Waals surface area (Å²) >= 11 is 0. The van der Waals surface area contributed by atoms with Gasteiger partial charge < -0.3 is 52.1 Å². The Morgan fingerprint density at radius 3 is 1.83 bits per heavy atom. The molecule has 4 rings (SSSR count). The molecule has 10 N–H and O–H groups in total. The van der Waals surface area contributed by atoms with Gasteiger partial charge in [-0.3, -0.25) is 0 Å². The molecule has 2 fully saturated rings. The summed E-state index contributed by atoms with van der Waals surface area (Å²) in [6, 6.07) is 17.3. The molecule has 0 amide bonds. The van der Waals surface area contributed by atoms with Crippen LogP contribution in [0.5, 0.6) is 0 Å². The van der Waals surface area contributed by atoms with Gasteiger partial charge in [0.15, 0.2) is 6.29 Å². The average Bonchev–Trinajstić information content (AvgIpc) is 2.88. The molecule has 1 heterocycles. The minimum atomic E-state index is -1.12. The Morgan fingerprint density at radius 1 is 0.750 bits per heavy atom.